The van der Waals surface area contributed by atoms with Gasteiger partial charge in [0.05, 0.1) is 0 Å². The van der Waals surface area contributed by atoms with Gasteiger partial charge in [-0.05, 0) is 26.4 Å². The lowest BCUT2D eigenvalue weighted by Gasteiger charge is -2.32. The number of nitrogens with zero attached hydrogens (tertiary/aromatic N) is 1. The smallest absolute Gasteiger partial charge is 0.185 e. The van der Waals surface area contributed by atoms with Gasteiger partial charge in [-0.25, -0.2) is 17.6 Å². The van der Waals surface area contributed by atoms with Crippen molar-refractivity contribution in [2.75, 3.05) is 25.5 Å². The van der Waals surface area contributed by atoms with Crippen molar-refractivity contribution >= 4 is 5.69 Å². The average molecular weight is 276 g/mol. The van der Waals surface area contributed by atoms with Gasteiger partial charge in [-0.15, -0.1) is 0 Å². The Morgan fingerprint density at radius 3 is 2.37 bits per heavy atom. The van der Waals surface area contributed by atoms with Gasteiger partial charge in [0.1, 0.15) is 5.69 Å². The first-order valence-corrected chi connectivity index (χ1v) is 6.27. The van der Waals surface area contributed by atoms with Gasteiger partial charge in [0, 0.05) is 18.7 Å². The highest BCUT2D eigenvalue weighted by atomic mass is 19.2. The summed E-state index contributed by atoms with van der Waals surface area (Å²) in [5.74, 6) is -5.54. The molecule has 1 saturated heterocycles. The molecule has 0 aromatic heterocycles. The van der Waals surface area contributed by atoms with Crippen LogP contribution in [0.5, 0.6) is 0 Å². The summed E-state index contributed by atoms with van der Waals surface area (Å²) in [6, 6.07) is 0.321. The van der Waals surface area contributed by atoms with Crippen LogP contribution in [0.3, 0.4) is 0 Å². The van der Waals surface area contributed by atoms with Gasteiger partial charge in [0.15, 0.2) is 23.3 Å². The van der Waals surface area contributed by atoms with Crippen LogP contribution in [0, 0.1) is 23.3 Å². The topological polar surface area (TPSA) is 15.3 Å². The molecule has 1 unspecified atom stereocenters. The van der Waals surface area contributed by atoms with E-state index in [1.165, 1.54) is 0 Å². The molecular formula is C13H16F4N2. The van der Waals surface area contributed by atoms with E-state index in [1.807, 2.05) is 7.05 Å². The molecule has 0 saturated carbocycles. The van der Waals surface area contributed by atoms with Crippen LogP contribution in [0.4, 0.5) is 23.2 Å². The number of likely N-dealkylation sites (tertiary alicyclic amines) is 1. The molecule has 0 radical (unpaired) electrons. The quantitative estimate of drug-likeness (QED) is 0.674. The van der Waals surface area contributed by atoms with Crippen molar-refractivity contribution in [1.82, 2.24) is 4.90 Å². The Labute approximate surface area is 109 Å². The second-order valence-corrected chi connectivity index (χ2v) is 4.85. The van der Waals surface area contributed by atoms with E-state index in [0.717, 1.165) is 25.8 Å². The first kappa shape index (κ1) is 14.1. The standard InChI is InChI=1S/C13H16F4N2/c1-19-5-3-2-4-8(19)7-18-13-11(16)9(14)6-10(15)12(13)17/h6,8,18H,2-5,7H2,1H3. The zero-order chi connectivity index (χ0) is 14.0. The van der Waals surface area contributed by atoms with E-state index in [1.54, 1.807) is 0 Å². The molecule has 1 heterocycles. The van der Waals surface area contributed by atoms with Crippen LogP contribution in [0.15, 0.2) is 6.07 Å². The summed E-state index contributed by atoms with van der Waals surface area (Å²) in [6.07, 6.45) is 3.02. The molecule has 1 N–H and O–H groups in total. The lowest BCUT2D eigenvalue weighted by Crippen LogP contribution is -2.41. The van der Waals surface area contributed by atoms with Gasteiger partial charge in [0.25, 0.3) is 0 Å². The van der Waals surface area contributed by atoms with Crippen molar-refractivity contribution in [2.45, 2.75) is 25.3 Å². The molecule has 6 heteroatoms. The van der Waals surface area contributed by atoms with Crippen molar-refractivity contribution in [2.24, 2.45) is 0 Å². The molecule has 1 aromatic rings. The fourth-order valence-electron chi connectivity index (χ4n) is 2.35. The molecule has 1 fully saturated rings. The zero-order valence-corrected chi connectivity index (χ0v) is 10.6. The highest BCUT2D eigenvalue weighted by molar-refractivity contribution is 5.47. The van der Waals surface area contributed by atoms with E-state index in [-0.39, 0.29) is 18.7 Å². The molecule has 0 amide bonds. The Balaban J connectivity index is 2.11. The van der Waals surface area contributed by atoms with Gasteiger partial charge in [-0.3, -0.25) is 0 Å². The summed E-state index contributed by atoms with van der Waals surface area (Å²) in [5, 5.41) is 2.49. The third-order valence-electron chi connectivity index (χ3n) is 3.55. The number of piperidine rings is 1. The van der Waals surface area contributed by atoms with E-state index in [9.17, 15) is 17.6 Å². The van der Waals surface area contributed by atoms with Gasteiger partial charge >= 0.3 is 0 Å². The molecular weight excluding hydrogens is 260 g/mol. The Bertz CT molecular complexity index is 438. The normalized spacial score (nSPS) is 20.6. The summed E-state index contributed by atoms with van der Waals surface area (Å²) >= 11 is 0. The molecule has 106 valence electrons. The summed E-state index contributed by atoms with van der Waals surface area (Å²) in [6.45, 7) is 1.17. The van der Waals surface area contributed by atoms with Crippen LogP contribution in [0.1, 0.15) is 19.3 Å². The highest BCUT2D eigenvalue weighted by Gasteiger charge is 2.22. The maximum Gasteiger partial charge on any atom is 0.185 e. The SMILES string of the molecule is CN1CCCCC1CNc1c(F)c(F)cc(F)c1F. The van der Waals surface area contributed by atoms with Crippen molar-refractivity contribution in [3.05, 3.63) is 29.3 Å². The zero-order valence-electron chi connectivity index (χ0n) is 10.6. The van der Waals surface area contributed by atoms with Gasteiger partial charge in [-0.1, -0.05) is 6.42 Å². The number of hydrogen-bond acceptors (Lipinski definition) is 2. The van der Waals surface area contributed by atoms with Crippen LogP contribution in [-0.2, 0) is 0 Å². The molecule has 2 rings (SSSR count). The Hall–Kier alpha value is -1.30. The van der Waals surface area contributed by atoms with Gasteiger partial charge < -0.3 is 10.2 Å². The lowest BCUT2D eigenvalue weighted by atomic mass is 10.0. The second-order valence-electron chi connectivity index (χ2n) is 4.85. The Morgan fingerprint density at radius 1 is 1.16 bits per heavy atom. The number of nitrogens with one attached hydrogen (secondary N) is 1. The van der Waals surface area contributed by atoms with E-state index >= 15 is 0 Å². The molecule has 1 atom stereocenters. The number of halogens is 4. The van der Waals surface area contributed by atoms with Crippen molar-refractivity contribution in [3.63, 3.8) is 0 Å². The molecule has 1 aliphatic heterocycles. The minimum absolute atomic E-state index is 0.110. The maximum atomic E-state index is 13.4. The molecule has 0 bridgehead atoms. The number of benzene rings is 1. The fourth-order valence-corrected chi connectivity index (χ4v) is 2.35. The minimum atomic E-state index is -1.39. The Morgan fingerprint density at radius 2 is 1.79 bits per heavy atom. The fraction of sp³-hybridized carbons (Fsp3) is 0.538. The first-order valence-electron chi connectivity index (χ1n) is 6.27. The highest BCUT2D eigenvalue weighted by Crippen LogP contribution is 2.25. The van der Waals surface area contributed by atoms with E-state index in [2.05, 4.69) is 10.2 Å². The summed E-state index contributed by atoms with van der Waals surface area (Å²) in [5.41, 5.74) is -0.725. The Kier molecular flexibility index (Phi) is 4.29. The number of anilines is 1. The van der Waals surface area contributed by atoms with E-state index < -0.39 is 29.0 Å². The monoisotopic (exact) mass is 276 g/mol. The van der Waals surface area contributed by atoms with Crippen LogP contribution in [0.25, 0.3) is 0 Å². The third kappa shape index (κ3) is 3.00. The minimum Gasteiger partial charge on any atom is -0.379 e. The second kappa shape index (κ2) is 5.77. The van der Waals surface area contributed by atoms with Crippen molar-refractivity contribution in [1.29, 1.82) is 0 Å². The van der Waals surface area contributed by atoms with Crippen molar-refractivity contribution in [3.8, 4) is 0 Å². The van der Waals surface area contributed by atoms with Gasteiger partial charge in [0.2, 0.25) is 0 Å². The molecule has 0 aliphatic carbocycles. The van der Waals surface area contributed by atoms with Crippen LogP contribution in [0.2, 0.25) is 0 Å². The predicted octanol–water partition coefficient (Wildman–Crippen LogP) is 3.14. The molecule has 1 aromatic carbocycles. The lowest BCUT2D eigenvalue weighted by molar-refractivity contribution is 0.194. The molecule has 2 nitrogen and oxygen atoms in total. The van der Waals surface area contributed by atoms with Crippen LogP contribution in [-0.4, -0.2) is 31.1 Å². The first-order chi connectivity index (χ1) is 9.00. The van der Waals surface area contributed by atoms with E-state index in [4.69, 9.17) is 0 Å². The molecule has 1 aliphatic rings. The van der Waals surface area contributed by atoms with Crippen LogP contribution < -0.4 is 5.32 Å². The summed E-state index contributed by atoms with van der Waals surface area (Å²) in [4.78, 5) is 2.07. The summed E-state index contributed by atoms with van der Waals surface area (Å²) in [7, 11) is 1.92. The number of hydrogen-bond donors (Lipinski definition) is 1. The molecule has 19 heavy (non-hydrogen) atoms. The predicted molar refractivity (Wildman–Crippen MR) is 65.0 cm³/mol. The van der Waals surface area contributed by atoms with Crippen LogP contribution >= 0.6 is 0 Å². The maximum absolute atomic E-state index is 13.4. The van der Waals surface area contributed by atoms with E-state index in [0.29, 0.717) is 0 Å². The average Bonchev–Trinajstić information content (AvgIpc) is 2.38. The number of likely N-dealkylation sites (N-methyl/N-ethyl adjacent to an activating group) is 1. The summed E-state index contributed by atoms with van der Waals surface area (Å²) < 4.78 is 52.9. The number of rotatable bonds is 3. The third-order valence-corrected chi connectivity index (χ3v) is 3.55. The van der Waals surface area contributed by atoms with Crippen molar-refractivity contribution < 1.29 is 17.6 Å². The van der Waals surface area contributed by atoms with Gasteiger partial charge in [-0.2, -0.15) is 0 Å². The molecule has 0 spiro atoms. The largest absolute Gasteiger partial charge is 0.379 e.